The number of nitrogens with zero attached hydrogens (tertiary/aromatic N) is 1. The minimum absolute atomic E-state index is 0.0122. The van der Waals surface area contributed by atoms with Crippen LogP contribution < -0.4 is 5.73 Å². The van der Waals surface area contributed by atoms with E-state index in [1.54, 1.807) is 7.11 Å². The normalized spacial score (nSPS) is 16.2. The first-order valence-electron chi connectivity index (χ1n) is 4.76. The Morgan fingerprint density at radius 1 is 1.54 bits per heavy atom. The SMILES string of the molecule is CCN(CCOC)C(CO)C(C)N. The van der Waals surface area contributed by atoms with E-state index >= 15 is 0 Å². The summed E-state index contributed by atoms with van der Waals surface area (Å²) in [5.41, 5.74) is 5.75. The van der Waals surface area contributed by atoms with Crippen LogP contribution in [0.25, 0.3) is 0 Å². The van der Waals surface area contributed by atoms with Gasteiger partial charge >= 0.3 is 0 Å². The Morgan fingerprint density at radius 2 is 2.15 bits per heavy atom. The van der Waals surface area contributed by atoms with Gasteiger partial charge in [0.1, 0.15) is 0 Å². The third-order valence-electron chi connectivity index (χ3n) is 2.25. The summed E-state index contributed by atoms with van der Waals surface area (Å²) in [5, 5.41) is 9.13. The molecule has 0 aromatic rings. The van der Waals surface area contributed by atoms with Crippen LogP contribution in [0.2, 0.25) is 0 Å². The second-order valence-electron chi connectivity index (χ2n) is 3.23. The Hall–Kier alpha value is -0.160. The molecule has 13 heavy (non-hydrogen) atoms. The minimum atomic E-state index is -0.0122. The van der Waals surface area contributed by atoms with Crippen LogP contribution in [-0.2, 0) is 4.74 Å². The molecule has 0 aliphatic heterocycles. The first-order valence-corrected chi connectivity index (χ1v) is 4.76. The number of likely N-dealkylation sites (N-methyl/N-ethyl adjacent to an activating group) is 1. The zero-order valence-electron chi connectivity index (χ0n) is 8.86. The van der Waals surface area contributed by atoms with E-state index < -0.39 is 0 Å². The number of hydrogen-bond donors (Lipinski definition) is 2. The largest absolute Gasteiger partial charge is 0.395 e. The molecule has 0 amide bonds. The van der Waals surface area contributed by atoms with Crippen LogP contribution in [0.15, 0.2) is 0 Å². The van der Waals surface area contributed by atoms with Crippen molar-refractivity contribution in [3.63, 3.8) is 0 Å². The molecule has 2 atom stereocenters. The van der Waals surface area contributed by atoms with Gasteiger partial charge in [0.2, 0.25) is 0 Å². The van der Waals surface area contributed by atoms with Gasteiger partial charge in [0.05, 0.1) is 13.2 Å². The maximum Gasteiger partial charge on any atom is 0.0601 e. The molecule has 0 aromatic carbocycles. The van der Waals surface area contributed by atoms with E-state index in [2.05, 4.69) is 11.8 Å². The lowest BCUT2D eigenvalue weighted by Gasteiger charge is -2.31. The molecule has 0 saturated carbocycles. The van der Waals surface area contributed by atoms with E-state index in [0.29, 0.717) is 6.61 Å². The monoisotopic (exact) mass is 190 g/mol. The van der Waals surface area contributed by atoms with Crippen LogP contribution in [0.3, 0.4) is 0 Å². The number of aliphatic hydroxyl groups is 1. The highest BCUT2D eigenvalue weighted by molar-refractivity contribution is 4.77. The molecule has 0 fully saturated rings. The third kappa shape index (κ3) is 4.57. The molecular formula is C9H22N2O2. The summed E-state index contributed by atoms with van der Waals surface area (Å²) in [6.07, 6.45) is 0. The van der Waals surface area contributed by atoms with Gasteiger partial charge in [0.25, 0.3) is 0 Å². The quantitative estimate of drug-likeness (QED) is 0.577. The molecule has 0 radical (unpaired) electrons. The van der Waals surface area contributed by atoms with Crippen LogP contribution in [0.5, 0.6) is 0 Å². The Kier molecular flexibility index (Phi) is 7.17. The van der Waals surface area contributed by atoms with Gasteiger partial charge in [-0.2, -0.15) is 0 Å². The van der Waals surface area contributed by atoms with Gasteiger partial charge in [-0.25, -0.2) is 0 Å². The Labute approximate surface area is 80.7 Å². The van der Waals surface area contributed by atoms with Crippen LogP contribution >= 0.6 is 0 Å². The van der Waals surface area contributed by atoms with Gasteiger partial charge in [-0.3, -0.25) is 4.90 Å². The summed E-state index contributed by atoms with van der Waals surface area (Å²) < 4.78 is 4.98. The van der Waals surface area contributed by atoms with Crippen molar-refractivity contribution < 1.29 is 9.84 Å². The van der Waals surface area contributed by atoms with E-state index in [-0.39, 0.29) is 18.7 Å². The van der Waals surface area contributed by atoms with Crippen molar-refractivity contribution >= 4 is 0 Å². The molecule has 4 nitrogen and oxygen atoms in total. The predicted octanol–water partition coefficient (Wildman–Crippen LogP) is -0.337. The highest BCUT2D eigenvalue weighted by atomic mass is 16.5. The van der Waals surface area contributed by atoms with E-state index in [1.807, 2.05) is 6.92 Å². The molecule has 0 heterocycles. The maximum atomic E-state index is 9.13. The lowest BCUT2D eigenvalue weighted by atomic mass is 10.1. The first kappa shape index (κ1) is 12.8. The van der Waals surface area contributed by atoms with Crippen molar-refractivity contribution in [2.24, 2.45) is 5.73 Å². The van der Waals surface area contributed by atoms with Crippen LogP contribution in [0.1, 0.15) is 13.8 Å². The van der Waals surface area contributed by atoms with Gasteiger partial charge in [-0.05, 0) is 13.5 Å². The number of ether oxygens (including phenoxy) is 1. The molecule has 0 spiro atoms. The summed E-state index contributed by atoms with van der Waals surface area (Å²) in [5.74, 6) is 0. The van der Waals surface area contributed by atoms with E-state index in [1.165, 1.54) is 0 Å². The molecule has 80 valence electrons. The summed E-state index contributed by atoms with van der Waals surface area (Å²) in [4.78, 5) is 2.13. The highest BCUT2D eigenvalue weighted by Gasteiger charge is 2.19. The molecule has 0 rings (SSSR count). The topological polar surface area (TPSA) is 58.7 Å². The van der Waals surface area contributed by atoms with Crippen molar-refractivity contribution in [1.82, 2.24) is 4.90 Å². The van der Waals surface area contributed by atoms with Crippen molar-refractivity contribution in [3.8, 4) is 0 Å². The molecule has 0 saturated heterocycles. The minimum Gasteiger partial charge on any atom is -0.395 e. The maximum absolute atomic E-state index is 9.13. The van der Waals surface area contributed by atoms with Gasteiger partial charge < -0.3 is 15.6 Å². The predicted molar refractivity (Wildman–Crippen MR) is 53.6 cm³/mol. The smallest absolute Gasteiger partial charge is 0.0601 e. The Morgan fingerprint density at radius 3 is 2.46 bits per heavy atom. The van der Waals surface area contributed by atoms with E-state index in [9.17, 15) is 0 Å². The van der Waals surface area contributed by atoms with Gasteiger partial charge in [-0.15, -0.1) is 0 Å². The third-order valence-corrected chi connectivity index (χ3v) is 2.25. The van der Waals surface area contributed by atoms with Crippen LogP contribution in [0.4, 0.5) is 0 Å². The molecule has 3 N–H and O–H groups in total. The second-order valence-corrected chi connectivity index (χ2v) is 3.23. The molecule has 0 bridgehead atoms. The fourth-order valence-corrected chi connectivity index (χ4v) is 1.38. The fourth-order valence-electron chi connectivity index (χ4n) is 1.38. The number of methoxy groups -OCH3 is 1. The lowest BCUT2D eigenvalue weighted by molar-refractivity contribution is 0.0806. The van der Waals surface area contributed by atoms with Crippen LogP contribution in [-0.4, -0.2) is 55.5 Å². The summed E-state index contributed by atoms with van der Waals surface area (Å²) >= 11 is 0. The van der Waals surface area contributed by atoms with Crippen molar-refractivity contribution in [1.29, 1.82) is 0 Å². The Balaban J connectivity index is 4.00. The lowest BCUT2D eigenvalue weighted by Crippen LogP contribution is -2.49. The average Bonchev–Trinajstić information content (AvgIpc) is 2.11. The summed E-state index contributed by atoms with van der Waals surface area (Å²) in [6, 6.07) is 0.0296. The fraction of sp³-hybridized carbons (Fsp3) is 1.00. The summed E-state index contributed by atoms with van der Waals surface area (Å²) in [6.45, 7) is 6.46. The van der Waals surface area contributed by atoms with Crippen molar-refractivity contribution in [2.45, 2.75) is 25.9 Å². The van der Waals surface area contributed by atoms with Crippen molar-refractivity contribution in [3.05, 3.63) is 0 Å². The van der Waals surface area contributed by atoms with E-state index in [0.717, 1.165) is 13.1 Å². The van der Waals surface area contributed by atoms with Gasteiger partial charge in [0, 0.05) is 25.7 Å². The molecule has 0 aliphatic carbocycles. The Bertz CT molecular complexity index is 120. The molecular weight excluding hydrogens is 168 g/mol. The zero-order chi connectivity index (χ0) is 10.3. The molecule has 0 aliphatic rings. The second kappa shape index (κ2) is 7.26. The van der Waals surface area contributed by atoms with Crippen LogP contribution in [0, 0.1) is 0 Å². The number of aliphatic hydroxyl groups excluding tert-OH is 1. The first-order chi connectivity index (χ1) is 6.17. The van der Waals surface area contributed by atoms with Gasteiger partial charge in [0.15, 0.2) is 0 Å². The van der Waals surface area contributed by atoms with Gasteiger partial charge in [-0.1, -0.05) is 6.92 Å². The number of hydrogen-bond acceptors (Lipinski definition) is 4. The summed E-state index contributed by atoms with van der Waals surface area (Å²) in [7, 11) is 1.67. The van der Waals surface area contributed by atoms with Crippen molar-refractivity contribution in [2.75, 3.05) is 33.4 Å². The standard InChI is InChI=1S/C9H22N2O2/c1-4-11(5-6-13-3)9(7-12)8(2)10/h8-9,12H,4-7,10H2,1-3H3. The van der Waals surface area contributed by atoms with E-state index in [4.69, 9.17) is 15.6 Å². The zero-order valence-corrected chi connectivity index (χ0v) is 8.86. The number of rotatable bonds is 7. The molecule has 0 aromatic heterocycles. The highest BCUT2D eigenvalue weighted by Crippen LogP contribution is 2.02. The molecule has 2 unspecified atom stereocenters. The average molecular weight is 190 g/mol. The number of nitrogens with two attached hydrogens (primary N) is 1. The molecule has 4 heteroatoms.